The molecule has 122 valence electrons. The van der Waals surface area contributed by atoms with Crippen molar-refractivity contribution in [2.24, 2.45) is 0 Å². The van der Waals surface area contributed by atoms with Gasteiger partial charge in [-0.2, -0.15) is 0 Å². The average molecular weight is 323 g/mol. The second-order valence-electron chi connectivity index (χ2n) is 6.22. The number of rotatable bonds is 3. The lowest BCUT2D eigenvalue weighted by Crippen LogP contribution is -2.32. The quantitative estimate of drug-likeness (QED) is 0.806. The maximum atomic E-state index is 13.3. The molecule has 4 rings (SSSR count). The lowest BCUT2D eigenvalue weighted by molar-refractivity contribution is 0.255. The van der Waals surface area contributed by atoms with Crippen molar-refractivity contribution in [1.29, 1.82) is 0 Å². The molecule has 0 atom stereocenters. The van der Waals surface area contributed by atoms with Gasteiger partial charge in [0.05, 0.1) is 10.9 Å². The van der Waals surface area contributed by atoms with Gasteiger partial charge in [-0.05, 0) is 41.8 Å². The van der Waals surface area contributed by atoms with Crippen LogP contribution in [0.3, 0.4) is 0 Å². The first-order chi connectivity index (χ1) is 11.7. The lowest BCUT2D eigenvalue weighted by atomic mass is 9.99. The SMILES string of the molecule is O=c1[nH]c(CCN2CCc3cc(F)ccc3C2)nc2ccccc12. The van der Waals surface area contributed by atoms with Crippen molar-refractivity contribution in [3.05, 3.63) is 75.6 Å². The number of fused-ring (bicyclic) bond motifs is 2. The maximum Gasteiger partial charge on any atom is 0.258 e. The summed E-state index contributed by atoms with van der Waals surface area (Å²) in [4.78, 5) is 21.8. The summed E-state index contributed by atoms with van der Waals surface area (Å²) in [6.45, 7) is 2.53. The predicted molar refractivity (Wildman–Crippen MR) is 91.4 cm³/mol. The number of aromatic amines is 1. The van der Waals surface area contributed by atoms with Gasteiger partial charge >= 0.3 is 0 Å². The molecule has 0 bridgehead atoms. The molecule has 0 saturated heterocycles. The Kier molecular flexibility index (Phi) is 3.86. The van der Waals surface area contributed by atoms with Gasteiger partial charge in [0.2, 0.25) is 0 Å². The Morgan fingerprint density at radius 2 is 2.04 bits per heavy atom. The molecule has 2 heterocycles. The Hall–Kier alpha value is -2.53. The topological polar surface area (TPSA) is 49.0 Å². The van der Waals surface area contributed by atoms with E-state index < -0.39 is 0 Å². The highest BCUT2D eigenvalue weighted by Gasteiger charge is 2.16. The zero-order valence-corrected chi connectivity index (χ0v) is 13.3. The summed E-state index contributed by atoms with van der Waals surface area (Å²) in [5.41, 5.74) is 2.93. The minimum absolute atomic E-state index is 0.0879. The summed E-state index contributed by atoms with van der Waals surface area (Å²) in [6.07, 6.45) is 1.55. The molecule has 1 aromatic heterocycles. The standard InChI is InChI=1S/C19H18FN3O/c20-15-6-5-14-12-23(9-7-13(14)11-15)10-8-18-21-17-4-2-1-3-16(17)19(24)22-18/h1-6,11H,7-10,12H2,(H,21,22,24). The van der Waals surface area contributed by atoms with Crippen LogP contribution >= 0.6 is 0 Å². The number of nitrogens with one attached hydrogen (secondary N) is 1. The lowest BCUT2D eigenvalue weighted by Gasteiger charge is -2.28. The van der Waals surface area contributed by atoms with Crippen LogP contribution in [0.1, 0.15) is 17.0 Å². The Labute approximate surface area is 139 Å². The molecule has 24 heavy (non-hydrogen) atoms. The van der Waals surface area contributed by atoms with E-state index in [4.69, 9.17) is 0 Å². The first-order valence-electron chi connectivity index (χ1n) is 8.17. The van der Waals surface area contributed by atoms with Gasteiger partial charge in [0, 0.05) is 26.1 Å². The summed E-state index contributed by atoms with van der Waals surface area (Å²) in [5, 5.41) is 0.621. The molecule has 2 aromatic carbocycles. The Balaban J connectivity index is 1.48. The maximum absolute atomic E-state index is 13.3. The smallest absolute Gasteiger partial charge is 0.258 e. The first kappa shape index (κ1) is 15.0. The second kappa shape index (κ2) is 6.17. The third kappa shape index (κ3) is 2.95. The van der Waals surface area contributed by atoms with Crippen LogP contribution in [-0.4, -0.2) is 28.0 Å². The Morgan fingerprint density at radius 3 is 2.96 bits per heavy atom. The molecule has 0 aliphatic carbocycles. The largest absolute Gasteiger partial charge is 0.310 e. The highest BCUT2D eigenvalue weighted by molar-refractivity contribution is 5.77. The third-order valence-corrected chi connectivity index (χ3v) is 4.59. The van der Waals surface area contributed by atoms with E-state index in [1.807, 2.05) is 24.3 Å². The van der Waals surface area contributed by atoms with E-state index in [9.17, 15) is 9.18 Å². The number of hydrogen-bond donors (Lipinski definition) is 1. The molecule has 3 aromatic rings. The number of nitrogens with zero attached hydrogens (tertiary/aromatic N) is 2. The Morgan fingerprint density at radius 1 is 1.17 bits per heavy atom. The highest BCUT2D eigenvalue weighted by Crippen LogP contribution is 2.20. The second-order valence-corrected chi connectivity index (χ2v) is 6.22. The monoisotopic (exact) mass is 323 g/mol. The van der Waals surface area contributed by atoms with E-state index in [0.717, 1.165) is 37.1 Å². The fourth-order valence-corrected chi connectivity index (χ4v) is 3.29. The number of H-pyrrole nitrogens is 1. The van der Waals surface area contributed by atoms with Gasteiger partial charge in [0.25, 0.3) is 5.56 Å². The predicted octanol–water partition coefficient (Wildman–Crippen LogP) is 2.66. The van der Waals surface area contributed by atoms with Crippen molar-refractivity contribution >= 4 is 10.9 Å². The molecule has 0 fully saturated rings. The van der Waals surface area contributed by atoms with Crippen molar-refractivity contribution in [3.63, 3.8) is 0 Å². The van der Waals surface area contributed by atoms with Crippen LogP contribution in [0.4, 0.5) is 4.39 Å². The van der Waals surface area contributed by atoms with E-state index in [1.54, 1.807) is 12.1 Å². The minimum Gasteiger partial charge on any atom is -0.310 e. The Bertz CT molecular complexity index is 951. The van der Waals surface area contributed by atoms with Gasteiger partial charge in [0.15, 0.2) is 0 Å². The molecule has 0 radical (unpaired) electrons. The van der Waals surface area contributed by atoms with Crippen molar-refractivity contribution in [3.8, 4) is 0 Å². The fraction of sp³-hybridized carbons (Fsp3) is 0.263. The van der Waals surface area contributed by atoms with Crippen LogP contribution in [0.15, 0.2) is 47.3 Å². The third-order valence-electron chi connectivity index (χ3n) is 4.59. The molecule has 0 saturated carbocycles. The molecule has 1 aliphatic heterocycles. The van der Waals surface area contributed by atoms with Gasteiger partial charge < -0.3 is 4.98 Å². The summed E-state index contributed by atoms with van der Waals surface area (Å²) >= 11 is 0. The van der Waals surface area contributed by atoms with Crippen molar-refractivity contribution in [2.75, 3.05) is 13.1 Å². The zero-order valence-electron chi connectivity index (χ0n) is 13.3. The van der Waals surface area contributed by atoms with Crippen LogP contribution in [0.25, 0.3) is 10.9 Å². The van der Waals surface area contributed by atoms with E-state index in [2.05, 4.69) is 14.9 Å². The number of benzene rings is 2. The summed E-state index contributed by atoms with van der Waals surface area (Å²) in [7, 11) is 0. The van der Waals surface area contributed by atoms with E-state index in [1.165, 1.54) is 11.6 Å². The van der Waals surface area contributed by atoms with Crippen LogP contribution in [0, 0.1) is 5.82 Å². The summed E-state index contributed by atoms with van der Waals surface area (Å²) in [6, 6.07) is 12.4. The average Bonchev–Trinajstić information content (AvgIpc) is 2.60. The first-order valence-corrected chi connectivity index (χ1v) is 8.17. The molecular weight excluding hydrogens is 305 g/mol. The molecular formula is C19H18FN3O. The number of aromatic nitrogens is 2. The van der Waals surface area contributed by atoms with Gasteiger partial charge in [-0.15, -0.1) is 0 Å². The van der Waals surface area contributed by atoms with E-state index in [-0.39, 0.29) is 11.4 Å². The molecule has 1 N–H and O–H groups in total. The van der Waals surface area contributed by atoms with Crippen LogP contribution in [-0.2, 0) is 19.4 Å². The molecule has 0 spiro atoms. The van der Waals surface area contributed by atoms with Gasteiger partial charge in [-0.1, -0.05) is 18.2 Å². The zero-order chi connectivity index (χ0) is 16.5. The minimum atomic E-state index is -0.167. The van der Waals surface area contributed by atoms with Crippen LogP contribution in [0.5, 0.6) is 0 Å². The normalized spacial score (nSPS) is 14.7. The molecule has 0 amide bonds. The number of halogens is 1. The summed E-state index contributed by atoms with van der Waals surface area (Å²) in [5.74, 6) is 0.545. The van der Waals surface area contributed by atoms with Crippen molar-refractivity contribution < 1.29 is 4.39 Å². The number of para-hydroxylation sites is 1. The van der Waals surface area contributed by atoms with Crippen LogP contribution < -0.4 is 5.56 Å². The number of hydrogen-bond acceptors (Lipinski definition) is 3. The van der Waals surface area contributed by atoms with Gasteiger partial charge in [0.1, 0.15) is 11.6 Å². The van der Waals surface area contributed by atoms with Crippen molar-refractivity contribution in [2.45, 2.75) is 19.4 Å². The molecule has 1 aliphatic rings. The molecule has 0 unspecified atom stereocenters. The molecule has 4 nitrogen and oxygen atoms in total. The van der Waals surface area contributed by atoms with E-state index >= 15 is 0 Å². The van der Waals surface area contributed by atoms with Gasteiger partial charge in [-0.3, -0.25) is 9.69 Å². The molecule has 5 heteroatoms. The van der Waals surface area contributed by atoms with Crippen LogP contribution in [0.2, 0.25) is 0 Å². The fourth-order valence-electron chi connectivity index (χ4n) is 3.29. The highest BCUT2D eigenvalue weighted by atomic mass is 19.1. The van der Waals surface area contributed by atoms with Crippen molar-refractivity contribution in [1.82, 2.24) is 14.9 Å². The van der Waals surface area contributed by atoms with E-state index in [0.29, 0.717) is 17.6 Å². The van der Waals surface area contributed by atoms with Gasteiger partial charge in [-0.25, -0.2) is 9.37 Å². The summed E-state index contributed by atoms with van der Waals surface area (Å²) < 4.78 is 13.3.